The molecule has 4 nitrogen and oxygen atoms in total. The third-order valence-electron chi connectivity index (χ3n) is 5.34. The van der Waals surface area contributed by atoms with Gasteiger partial charge in [-0.15, -0.1) is 17.9 Å². The highest BCUT2D eigenvalue weighted by Gasteiger charge is 2.32. The van der Waals surface area contributed by atoms with Crippen LogP contribution in [0, 0.1) is 0 Å². The van der Waals surface area contributed by atoms with E-state index < -0.39 is 17.7 Å². The fourth-order valence-electron chi connectivity index (χ4n) is 3.78. The van der Waals surface area contributed by atoms with E-state index in [1.807, 2.05) is 24.3 Å². The molecule has 0 radical (unpaired) electrons. The Morgan fingerprint density at radius 2 is 1.70 bits per heavy atom. The van der Waals surface area contributed by atoms with Crippen molar-refractivity contribution in [3.8, 4) is 16.9 Å². The van der Waals surface area contributed by atoms with Gasteiger partial charge in [0.15, 0.2) is 4.90 Å². The Kier molecular flexibility index (Phi) is 7.51. The van der Waals surface area contributed by atoms with Crippen LogP contribution in [0.4, 0.5) is 13.2 Å². The van der Waals surface area contributed by atoms with Crippen LogP contribution in [0.25, 0.3) is 11.1 Å². The molecule has 0 spiro atoms. The number of nitrogens with one attached hydrogen (secondary N) is 1. The Bertz CT molecular complexity index is 1060. The highest BCUT2D eigenvalue weighted by molar-refractivity contribution is 7.89. The molecule has 1 saturated heterocycles. The number of nitrogens with zero attached hydrogens (tertiary/aromatic N) is 1. The van der Waals surface area contributed by atoms with Crippen LogP contribution in [0.1, 0.15) is 12.0 Å². The van der Waals surface area contributed by atoms with Crippen molar-refractivity contribution in [3.63, 3.8) is 0 Å². The first kappa shape index (κ1) is 23.9. The fourth-order valence-corrected chi connectivity index (χ4v) is 4.96. The largest absolute Gasteiger partial charge is 0.593 e. The normalized spacial score (nSPS) is 17.8. The lowest BCUT2D eigenvalue weighted by atomic mass is 10.0. The molecule has 1 aliphatic rings. The molecule has 1 aliphatic heterocycles. The summed E-state index contributed by atoms with van der Waals surface area (Å²) in [7, 11) is 0. The molecule has 1 heterocycles. The molecular weight excluding hydrogens is 473 g/mol. The van der Waals surface area contributed by atoms with Crippen LogP contribution in [0.3, 0.4) is 0 Å². The molecule has 3 aromatic carbocycles. The summed E-state index contributed by atoms with van der Waals surface area (Å²) in [5.41, 5.74) is 3.39. The van der Waals surface area contributed by atoms with E-state index in [2.05, 4.69) is 38.6 Å². The van der Waals surface area contributed by atoms with E-state index in [-0.39, 0.29) is 16.7 Å². The molecule has 33 heavy (non-hydrogen) atoms. The van der Waals surface area contributed by atoms with E-state index in [1.54, 1.807) is 0 Å². The number of ether oxygens (including phenoxy) is 1. The van der Waals surface area contributed by atoms with Gasteiger partial charge in [0.2, 0.25) is 0 Å². The van der Waals surface area contributed by atoms with Crippen LogP contribution in [-0.4, -0.2) is 34.9 Å². The molecule has 1 N–H and O–H groups in total. The minimum atomic E-state index is -4.79. The Morgan fingerprint density at radius 3 is 2.36 bits per heavy atom. The molecule has 0 aliphatic carbocycles. The van der Waals surface area contributed by atoms with Gasteiger partial charge < -0.3 is 9.29 Å². The van der Waals surface area contributed by atoms with Gasteiger partial charge in [-0.05, 0) is 47.4 Å². The molecule has 3 aromatic rings. The number of likely N-dealkylation sites (tertiary alicyclic amines) is 1. The number of hydrogen-bond donors (Lipinski definition) is 1. The van der Waals surface area contributed by atoms with Crippen molar-refractivity contribution in [1.82, 2.24) is 9.62 Å². The number of rotatable bonds is 7. The lowest BCUT2D eigenvalue weighted by molar-refractivity contribution is -0.274. The van der Waals surface area contributed by atoms with Gasteiger partial charge >= 0.3 is 6.36 Å². The van der Waals surface area contributed by atoms with Crippen LogP contribution in [0.5, 0.6) is 5.75 Å². The first-order chi connectivity index (χ1) is 15.7. The second-order valence-corrected chi connectivity index (χ2v) is 9.51. The van der Waals surface area contributed by atoms with E-state index in [1.165, 1.54) is 23.8 Å². The summed E-state index contributed by atoms with van der Waals surface area (Å²) in [5, 5.41) is 0.704. The summed E-state index contributed by atoms with van der Waals surface area (Å²) in [6, 6.07) is 21.3. The standard InChI is InChI=1S/C24H22ClF3N2O2S/c25-20-10-8-19(9-11-20)18-6-4-17(5-7-18)15-30-13-12-21(16-30)29-33(31)23-3-1-2-22(14-23)32-24(26,27)28/h1-11,14,21,29H,12-13,15-16H2/t21-,33?/m1/s1. The van der Waals surface area contributed by atoms with E-state index in [4.69, 9.17) is 11.6 Å². The number of alkyl halides is 3. The second kappa shape index (κ2) is 10.4. The van der Waals surface area contributed by atoms with Crippen LogP contribution < -0.4 is 9.46 Å². The average molecular weight is 495 g/mol. The van der Waals surface area contributed by atoms with E-state index in [0.29, 0.717) is 11.6 Å². The third-order valence-corrected chi connectivity index (χ3v) is 6.82. The van der Waals surface area contributed by atoms with Gasteiger partial charge in [0, 0.05) is 30.7 Å². The van der Waals surface area contributed by atoms with Gasteiger partial charge in [0.25, 0.3) is 0 Å². The van der Waals surface area contributed by atoms with Gasteiger partial charge in [-0.2, -0.15) is 0 Å². The van der Waals surface area contributed by atoms with Gasteiger partial charge in [0.05, 0.1) is 17.4 Å². The molecule has 1 unspecified atom stereocenters. The molecule has 9 heteroatoms. The smallest absolute Gasteiger partial charge is 0.573 e. The summed E-state index contributed by atoms with van der Waals surface area (Å²) in [5.74, 6) is -0.384. The predicted octanol–water partition coefficient (Wildman–Crippen LogP) is 5.79. The maximum absolute atomic E-state index is 12.6. The molecule has 4 rings (SSSR count). The minimum absolute atomic E-state index is 0.0219. The second-order valence-electron chi connectivity index (χ2n) is 7.83. The molecule has 1 fully saturated rings. The van der Waals surface area contributed by atoms with Crippen molar-refractivity contribution in [2.75, 3.05) is 13.1 Å². The Hall–Kier alpha value is -2.23. The van der Waals surface area contributed by atoms with Crippen LogP contribution in [-0.2, 0) is 17.9 Å². The van der Waals surface area contributed by atoms with Crippen molar-refractivity contribution in [3.05, 3.63) is 83.4 Å². The SMILES string of the molecule is [O-][S+](N[C@@H]1CCN(Cc2ccc(-c3ccc(Cl)cc3)cc2)C1)c1cccc(OC(F)(F)F)c1. The zero-order valence-corrected chi connectivity index (χ0v) is 19.1. The molecule has 174 valence electrons. The van der Waals surface area contributed by atoms with Crippen molar-refractivity contribution in [1.29, 1.82) is 0 Å². The van der Waals surface area contributed by atoms with Crippen LogP contribution in [0.15, 0.2) is 77.7 Å². The predicted molar refractivity (Wildman–Crippen MR) is 123 cm³/mol. The number of benzene rings is 3. The molecule has 0 saturated carbocycles. The van der Waals surface area contributed by atoms with Gasteiger partial charge in [-0.1, -0.05) is 54.1 Å². The summed E-state index contributed by atoms with van der Waals surface area (Å²) >= 11 is 4.32. The summed E-state index contributed by atoms with van der Waals surface area (Å²) in [6.07, 6.45) is -3.99. The molecule has 0 amide bonds. The monoisotopic (exact) mass is 494 g/mol. The molecule has 2 atom stereocenters. The lowest BCUT2D eigenvalue weighted by Crippen LogP contribution is -2.37. The van der Waals surface area contributed by atoms with Gasteiger partial charge in [-0.3, -0.25) is 4.90 Å². The summed E-state index contributed by atoms with van der Waals surface area (Å²) in [4.78, 5) is 2.50. The highest BCUT2D eigenvalue weighted by atomic mass is 35.5. The third kappa shape index (κ3) is 6.88. The number of hydrogen-bond acceptors (Lipinski definition) is 4. The van der Waals surface area contributed by atoms with E-state index >= 15 is 0 Å². The lowest BCUT2D eigenvalue weighted by Gasteiger charge is -2.18. The van der Waals surface area contributed by atoms with Crippen LogP contribution >= 0.6 is 11.6 Å². The Balaban J connectivity index is 1.30. The fraction of sp³-hybridized carbons (Fsp3) is 0.250. The van der Waals surface area contributed by atoms with Crippen LogP contribution in [0.2, 0.25) is 5.02 Å². The maximum atomic E-state index is 12.6. The van der Waals surface area contributed by atoms with Crippen molar-refractivity contribution >= 4 is 23.0 Å². The first-order valence-corrected chi connectivity index (χ1v) is 11.9. The topological polar surface area (TPSA) is 47.6 Å². The molecular formula is C24H22ClF3N2O2S. The van der Waals surface area contributed by atoms with Gasteiger partial charge in [0.1, 0.15) is 5.75 Å². The summed E-state index contributed by atoms with van der Waals surface area (Å²) < 4.78 is 56.8. The minimum Gasteiger partial charge on any atom is -0.593 e. The van der Waals surface area contributed by atoms with Crippen molar-refractivity contribution in [2.24, 2.45) is 0 Å². The van der Waals surface area contributed by atoms with Crippen molar-refractivity contribution < 1.29 is 22.5 Å². The first-order valence-electron chi connectivity index (χ1n) is 10.4. The van der Waals surface area contributed by atoms with E-state index in [9.17, 15) is 17.7 Å². The number of halogens is 4. The molecule has 0 bridgehead atoms. The zero-order valence-electron chi connectivity index (χ0n) is 17.5. The van der Waals surface area contributed by atoms with Crippen molar-refractivity contribution in [2.45, 2.75) is 30.3 Å². The average Bonchev–Trinajstić information content (AvgIpc) is 3.20. The Morgan fingerprint density at radius 1 is 1.03 bits per heavy atom. The highest BCUT2D eigenvalue weighted by Crippen LogP contribution is 2.26. The zero-order chi connectivity index (χ0) is 23.4. The van der Waals surface area contributed by atoms with Gasteiger partial charge in [-0.25, -0.2) is 0 Å². The van der Waals surface area contributed by atoms with E-state index in [0.717, 1.165) is 36.7 Å². The maximum Gasteiger partial charge on any atom is 0.573 e. The quantitative estimate of drug-likeness (QED) is 0.422. The Labute approximate surface area is 198 Å². The molecule has 0 aromatic heterocycles. The summed E-state index contributed by atoms with van der Waals surface area (Å²) in [6.45, 7) is 2.30.